The Bertz CT molecular complexity index is 388. The fraction of sp³-hybridized carbons (Fsp3) is 0.455. The highest BCUT2D eigenvalue weighted by atomic mass is 31.1. The number of nitrogens with one attached hydrogen (secondary N) is 1. The van der Waals surface area contributed by atoms with E-state index in [4.69, 9.17) is 0 Å². The second kappa shape index (κ2) is 7.74. The molecule has 1 rings (SSSR count). The fourth-order valence-corrected chi connectivity index (χ4v) is 1.76. The first-order chi connectivity index (χ1) is 8.67. The molecule has 2 unspecified atom stereocenters. The van der Waals surface area contributed by atoms with E-state index in [-0.39, 0.29) is 21.5 Å². The van der Waals surface area contributed by atoms with E-state index in [9.17, 15) is 14.5 Å². The summed E-state index contributed by atoms with van der Waals surface area (Å²) in [7, 11) is -0.224. The largest absolute Gasteiger partial charge is 0.464 e. The van der Waals surface area contributed by atoms with Gasteiger partial charge in [-0.05, 0) is 19.1 Å². The van der Waals surface area contributed by atoms with Gasteiger partial charge in [0.2, 0.25) is 0 Å². The molecular formula is C11H15N2O4P. The Morgan fingerprint density at radius 1 is 1.61 bits per heavy atom. The maximum Gasteiger partial charge on any atom is 0.335 e. The van der Waals surface area contributed by atoms with Gasteiger partial charge in [0.25, 0.3) is 0 Å². The zero-order valence-electron chi connectivity index (χ0n) is 9.94. The van der Waals surface area contributed by atoms with E-state index in [1.54, 1.807) is 31.3 Å². The lowest BCUT2D eigenvalue weighted by molar-refractivity contribution is -0.153. The number of ether oxygens (including phenoxy) is 1. The van der Waals surface area contributed by atoms with Gasteiger partial charge in [-0.25, -0.2) is 9.78 Å². The number of nitrogens with zero attached hydrogens (tertiary/aromatic N) is 1. The van der Waals surface area contributed by atoms with Crippen LogP contribution in [0.2, 0.25) is 0 Å². The summed E-state index contributed by atoms with van der Waals surface area (Å²) in [5, 5.41) is 12.4. The maximum absolute atomic E-state index is 11.2. The van der Waals surface area contributed by atoms with Crippen LogP contribution in [0, 0.1) is 0 Å². The molecule has 2 N–H and O–H groups in total. The van der Waals surface area contributed by atoms with Crippen molar-refractivity contribution in [1.29, 1.82) is 0 Å². The van der Waals surface area contributed by atoms with Crippen LogP contribution < -0.4 is 5.32 Å². The van der Waals surface area contributed by atoms with E-state index in [0.29, 0.717) is 5.82 Å². The number of rotatable bonds is 7. The summed E-state index contributed by atoms with van der Waals surface area (Å²) < 4.78 is 15.6. The molecule has 0 saturated heterocycles. The van der Waals surface area contributed by atoms with Crippen LogP contribution in [0.15, 0.2) is 24.4 Å². The van der Waals surface area contributed by atoms with Crippen LogP contribution in [0.25, 0.3) is 0 Å². The molecule has 1 aromatic heterocycles. The molecule has 0 bridgehead atoms. The van der Waals surface area contributed by atoms with Crippen LogP contribution in [-0.4, -0.2) is 34.6 Å². The molecule has 0 amide bonds. The highest BCUT2D eigenvalue weighted by Gasteiger charge is 2.22. The summed E-state index contributed by atoms with van der Waals surface area (Å²) in [6, 6.07) is 5.23. The number of carbonyl (C=O) groups excluding carboxylic acids is 1. The number of pyridine rings is 1. The second-order valence-electron chi connectivity index (χ2n) is 3.48. The number of aliphatic hydroxyl groups is 1. The molecule has 6 nitrogen and oxygen atoms in total. The quantitative estimate of drug-likeness (QED) is 0.575. The number of hydrogen-bond donors (Lipinski definition) is 2. The normalized spacial score (nSPS) is 13.9. The highest BCUT2D eigenvalue weighted by molar-refractivity contribution is 7.24. The predicted molar refractivity (Wildman–Crippen MR) is 66.5 cm³/mol. The lowest BCUT2D eigenvalue weighted by Gasteiger charge is -2.15. The average Bonchev–Trinajstić information content (AvgIpc) is 2.39. The highest BCUT2D eigenvalue weighted by Crippen LogP contribution is 2.16. The summed E-state index contributed by atoms with van der Waals surface area (Å²) in [5.41, 5.74) is 0. The van der Waals surface area contributed by atoms with Crippen molar-refractivity contribution >= 4 is 20.2 Å². The van der Waals surface area contributed by atoms with Crippen LogP contribution in [-0.2, 0) is 14.1 Å². The van der Waals surface area contributed by atoms with Crippen molar-refractivity contribution in [3.8, 4) is 0 Å². The van der Waals surface area contributed by atoms with Crippen LogP contribution >= 0.6 is 8.46 Å². The van der Waals surface area contributed by atoms with Crippen molar-refractivity contribution in [3.05, 3.63) is 24.4 Å². The molecule has 2 atom stereocenters. The third-order valence-corrected chi connectivity index (χ3v) is 2.71. The van der Waals surface area contributed by atoms with Gasteiger partial charge in [0.15, 0.2) is 14.6 Å². The molecule has 0 saturated carbocycles. The van der Waals surface area contributed by atoms with Gasteiger partial charge in [0, 0.05) is 12.6 Å². The summed E-state index contributed by atoms with van der Waals surface area (Å²) >= 11 is 0. The van der Waals surface area contributed by atoms with E-state index in [1.807, 2.05) is 0 Å². The number of aliphatic hydroxyl groups excluding tert-OH is 1. The third kappa shape index (κ3) is 4.77. The van der Waals surface area contributed by atoms with Crippen molar-refractivity contribution < 1.29 is 19.2 Å². The van der Waals surface area contributed by atoms with Gasteiger partial charge in [-0.1, -0.05) is 6.07 Å². The molecule has 0 aliphatic carbocycles. The van der Waals surface area contributed by atoms with Crippen LogP contribution in [0.5, 0.6) is 0 Å². The summed E-state index contributed by atoms with van der Waals surface area (Å²) in [6.07, 6.45) is 0.274. The topological polar surface area (TPSA) is 88.5 Å². The molecule has 0 spiro atoms. The molecule has 98 valence electrons. The van der Waals surface area contributed by atoms with E-state index in [0.717, 1.165) is 0 Å². The van der Waals surface area contributed by atoms with Crippen LogP contribution in [0.1, 0.15) is 13.3 Å². The Morgan fingerprint density at radius 3 is 2.94 bits per heavy atom. The van der Waals surface area contributed by atoms with Gasteiger partial charge in [-0.2, -0.15) is 0 Å². The SMILES string of the molecule is CCOC(=O)C(O)CC(Nc1ccccn1)P=O. The fourth-order valence-electron chi connectivity index (χ4n) is 1.29. The zero-order chi connectivity index (χ0) is 13.4. The average molecular weight is 270 g/mol. The molecule has 1 aromatic rings. The summed E-state index contributed by atoms with van der Waals surface area (Å²) in [5.74, 6) is -0.782. The minimum absolute atomic E-state index is 0.0134. The van der Waals surface area contributed by atoms with E-state index in [1.165, 1.54) is 0 Å². The Hall–Kier alpha value is -1.52. The Labute approximate surface area is 107 Å². The number of aromatic nitrogens is 1. The van der Waals surface area contributed by atoms with Crippen molar-refractivity contribution in [3.63, 3.8) is 0 Å². The summed E-state index contributed by atoms with van der Waals surface area (Å²) in [4.78, 5) is 15.2. The first-order valence-corrected chi connectivity index (χ1v) is 6.40. The maximum atomic E-state index is 11.2. The Balaban J connectivity index is 2.52. The molecule has 0 radical (unpaired) electrons. The van der Waals surface area contributed by atoms with Crippen molar-refractivity contribution in [1.82, 2.24) is 4.98 Å². The predicted octanol–water partition coefficient (Wildman–Crippen LogP) is 1.43. The van der Waals surface area contributed by atoms with Gasteiger partial charge >= 0.3 is 5.97 Å². The molecule has 0 aromatic carbocycles. The van der Waals surface area contributed by atoms with Crippen molar-refractivity contribution in [2.24, 2.45) is 0 Å². The standard InChI is InChI=1S/C11H15N2O4P/c1-2-17-11(15)8(14)7-10(18-16)13-9-5-3-4-6-12-9/h3-6,8,10,14H,2,7H2,1H3,(H,12,13). The monoisotopic (exact) mass is 270 g/mol. The van der Waals surface area contributed by atoms with Gasteiger partial charge in [0.1, 0.15) is 11.6 Å². The van der Waals surface area contributed by atoms with Gasteiger partial charge in [0.05, 0.1) is 6.61 Å². The first kappa shape index (κ1) is 14.5. The minimum atomic E-state index is -1.30. The molecule has 0 fully saturated rings. The van der Waals surface area contributed by atoms with E-state index >= 15 is 0 Å². The lowest BCUT2D eigenvalue weighted by Crippen LogP contribution is -2.29. The molecule has 0 aliphatic rings. The zero-order valence-corrected chi connectivity index (χ0v) is 10.8. The van der Waals surface area contributed by atoms with Gasteiger partial charge in [-0.3, -0.25) is 4.57 Å². The summed E-state index contributed by atoms with van der Waals surface area (Å²) in [6.45, 7) is 1.85. The van der Waals surface area contributed by atoms with Gasteiger partial charge < -0.3 is 15.2 Å². The van der Waals surface area contributed by atoms with E-state index in [2.05, 4.69) is 15.0 Å². The smallest absolute Gasteiger partial charge is 0.335 e. The first-order valence-electron chi connectivity index (χ1n) is 5.52. The Kier molecular flexibility index (Phi) is 6.25. The molecule has 7 heteroatoms. The number of anilines is 1. The molecule has 1 heterocycles. The van der Waals surface area contributed by atoms with E-state index < -0.39 is 17.9 Å². The van der Waals surface area contributed by atoms with Crippen LogP contribution in [0.3, 0.4) is 0 Å². The lowest BCUT2D eigenvalue weighted by atomic mass is 10.2. The molecule has 0 aliphatic heterocycles. The van der Waals surface area contributed by atoms with Crippen molar-refractivity contribution in [2.75, 3.05) is 11.9 Å². The Morgan fingerprint density at radius 2 is 2.39 bits per heavy atom. The van der Waals surface area contributed by atoms with Crippen molar-refractivity contribution in [2.45, 2.75) is 25.2 Å². The number of hydrogen-bond acceptors (Lipinski definition) is 6. The molecular weight excluding hydrogens is 255 g/mol. The van der Waals surface area contributed by atoms with Crippen LogP contribution in [0.4, 0.5) is 5.82 Å². The second-order valence-corrected chi connectivity index (χ2v) is 4.32. The number of esters is 1. The third-order valence-electron chi connectivity index (χ3n) is 2.11. The molecule has 18 heavy (non-hydrogen) atoms. The minimum Gasteiger partial charge on any atom is -0.464 e. The number of carbonyl (C=O) groups is 1. The van der Waals surface area contributed by atoms with Gasteiger partial charge in [-0.15, -0.1) is 0 Å².